The molecule has 1 aromatic rings. The molecule has 0 bridgehead atoms. The number of piperazine rings is 1. The molecule has 26 heavy (non-hydrogen) atoms. The summed E-state index contributed by atoms with van der Waals surface area (Å²) in [6.45, 7) is 0.816. The van der Waals surface area contributed by atoms with Crippen LogP contribution in [0.3, 0.4) is 0 Å². The van der Waals surface area contributed by atoms with Gasteiger partial charge in [0.15, 0.2) is 0 Å². The van der Waals surface area contributed by atoms with E-state index in [0.717, 1.165) is 4.31 Å². The summed E-state index contributed by atoms with van der Waals surface area (Å²) in [4.78, 5) is 15.0. The molecule has 1 aromatic carbocycles. The van der Waals surface area contributed by atoms with Crippen LogP contribution in [0.1, 0.15) is 12.8 Å². The second kappa shape index (κ2) is 6.29. The van der Waals surface area contributed by atoms with Gasteiger partial charge in [0.1, 0.15) is 6.04 Å². The van der Waals surface area contributed by atoms with Gasteiger partial charge in [-0.3, -0.25) is 9.69 Å². The number of amides is 1. The van der Waals surface area contributed by atoms with Gasteiger partial charge in [-0.2, -0.15) is 4.31 Å². The largest absolute Gasteiger partial charge is 0.288 e. The van der Waals surface area contributed by atoms with Crippen molar-refractivity contribution in [2.45, 2.75) is 29.8 Å². The molecule has 2 aliphatic heterocycles. The Bertz CT molecular complexity index is 912. The van der Waals surface area contributed by atoms with E-state index in [1.807, 2.05) is 0 Å². The van der Waals surface area contributed by atoms with Crippen LogP contribution in [0.25, 0.3) is 0 Å². The molecule has 0 aromatic heterocycles. The molecule has 0 spiro atoms. The Morgan fingerprint density at radius 3 is 2.35 bits per heavy atom. The first-order valence-corrected chi connectivity index (χ1v) is 11.7. The number of fused-ring (bicyclic) bond motifs is 1. The molecule has 0 radical (unpaired) electrons. The average molecular weight is 399 g/mol. The molecule has 142 valence electrons. The molecule has 2 heterocycles. The van der Waals surface area contributed by atoms with Crippen molar-refractivity contribution in [2.75, 3.05) is 31.9 Å². The van der Waals surface area contributed by atoms with Gasteiger partial charge in [-0.1, -0.05) is 18.2 Å². The summed E-state index contributed by atoms with van der Waals surface area (Å²) in [5, 5.41) is 0. The van der Waals surface area contributed by atoms with Crippen molar-refractivity contribution in [1.29, 1.82) is 0 Å². The van der Waals surface area contributed by atoms with Gasteiger partial charge >= 0.3 is 0 Å². The molecule has 1 saturated carbocycles. The van der Waals surface area contributed by atoms with Crippen LogP contribution in [0.2, 0.25) is 0 Å². The predicted octanol–water partition coefficient (Wildman–Crippen LogP) is -0.304. The molecule has 3 aliphatic rings. The number of nitrogens with zero attached hydrogens (tertiary/aromatic N) is 3. The van der Waals surface area contributed by atoms with Gasteiger partial charge in [0, 0.05) is 32.2 Å². The lowest BCUT2D eigenvalue weighted by Gasteiger charge is -2.39. The third-order valence-corrected chi connectivity index (χ3v) is 8.81. The molecule has 1 amide bonds. The lowest BCUT2D eigenvalue weighted by Crippen LogP contribution is -2.59. The lowest BCUT2D eigenvalue weighted by molar-refractivity contribution is -0.133. The molecule has 3 fully saturated rings. The molecule has 1 aliphatic carbocycles. The van der Waals surface area contributed by atoms with Crippen LogP contribution < -0.4 is 0 Å². The van der Waals surface area contributed by atoms with Crippen molar-refractivity contribution in [2.24, 2.45) is 0 Å². The summed E-state index contributed by atoms with van der Waals surface area (Å²) in [5.74, 6) is -0.588. The van der Waals surface area contributed by atoms with E-state index in [9.17, 15) is 21.6 Å². The van der Waals surface area contributed by atoms with E-state index in [1.165, 1.54) is 16.4 Å². The number of carbonyl (C=O) groups excluding carboxylic acids is 1. The molecule has 4 rings (SSSR count). The number of rotatable bonds is 3. The number of hydrogen-bond acceptors (Lipinski definition) is 6. The number of sulfonamides is 2. The molecular formula is C16H21N3O5S2. The van der Waals surface area contributed by atoms with Crippen LogP contribution in [0, 0.1) is 0 Å². The number of hydrogen-bond donors (Lipinski definition) is 0. The summed E-state index contributed by atoms with van der Waals surface area (Å²) in [7, 11) is -7.35. The molecule has 0 N–H and O–H groups in total. The Morgan fingerprint density at radius 2 is 1.69 bits per heavy atom. The molecule has 1 unspecified atom stereocenters. The Hall–Kier alpha value is -1.49. The van der Waals surface area contributed by atoms with Gasteiger partial charge in [0.2, 0.25) is 20.0 Å². The van der Waals surface area contributed by atoms with Crippen molar-refractivity contribution in [3.05, 3.63) is 30.3 Å². The van der Waals surface area contributed by atoms with E-state index in [4.69, 9.17) is 0 Å². The topological polar surface area (TPSA) is 95.1 Å². The van der Waals surface area contributed by atoms with E-state index in [2.05, 4.69) is 0 Å². The third-order valence-electron chi connectivity index (χ3n) is 5.15. The maximum atomic E-state index is 13.0. The molecule has 8 nitrogen and oxygen atoms in total. The highest BCUT2D eigenvalue weighted by Crippen LogP contribution is 2.33. The number of benzene rings is 1. The van der Waals surface area contributed by atoms with E-state index >= 15 is 0 Å². The molecular weight excluding hydrogens is 378 g/mol. The minimum Gasteiger partial charge on any atom is -0.288 e. The van der Waals surface area contributed by atoms with Crippen LogP contribution in [0.4, 0.5) is 0 Å². The normalized spacial score (nSPS) is 27.8. The van der Waals surface area contributed by atoms with Crippen molar-refractivity contribution in [3.63, 3.8) is 0 Å². The van der Waals surface area contributed by atoms with E-state index in [0.29, 0.717) is 19.4 Å². The Kier molecular flexibility index (Phi) is 4.33. The van der Waals surface area contributed by atoms with E-state index in [-0.39, 0.29) is 36.3 Å². The van der Waals surface area contributed by atoms with Crippen molar-refractivity contribution >= 4 is 26.0 Å². The Labute approximate surface area is 153 Å². The van der Waals surface area contributed by atoms with Crippen LogP contribution in [0.5, 0.6) is 0 Å². The fourth-order valence-electron chi connectivity index (χ4n) is 3.59. The second-order valence-corrected chi connectivity index (χ2v) is 10.8. The smallest absolute Gasteiger partial charge is 0.255 e. The van der Waals surface area contributed by atoms with Crippen molar-refractivity contribution in [1.82, 2.24) is 13.5 Å². The summed E-state index contributed by atoms with van der Waals surface area (Å²) in [6.07, 6.45) is 1.37. The first-order valence-electron chi connectivity index (χ1n) is 8.66. The average Bonchev–Trinajstić information content (AvgIpc) is 3.45. The summed E-state index contributed by atoms with van der Waals surface area (Å²) < 4.78 is 53.0. The maximum absolute atomic E-state index is 13.0. The SMILES string of the molecule is O=C1C2CN(S(=O)(=O)c3ccccc3)CCN2CCS(=O)(=O)N1C1CC1. The molecule has 10 heteroatoms. The Balaban J connectivity index is 1.63. The van der Waals surface area contributed by atoms with Crippen molar-refractivity contribution < 1.29 is 21.6 Å². The minimum absolute atomic E-state index is 0.0190. The van der Waals surface area contributed by atoms with Crippen molar-refractivity contribution in [3.8, 4) is 0 Å². The first-order chi connectivity index (χ1) is 12.3. The zero-order chi connectivity index (χ0) is 18.5. The van der Waals surface area contributed by atoms with Gasteiger partial charge in [0.05, 0.1) is 10.6 Å². The quantitative estimate of drug-likeness (QED) is 0.692. The molecule has 2 saturated heterocycles. The zero-order valence-corrected chi connectivity index (χ0v) is 15.8. The standard InChI is InChI=1S/C16H21N3O5S2/c20-16-15-12-18(26(23,24)14-4-2-1-3-5-14)9-8-17(15)10-11-25(21,22)19(16)13-6-7-13/h1-5,13,15H,6-12H2. The zero-order valence-electron chi connectivity index (χ0n) is 14.2. The van der Waals surface area contributed by atoms with Crippen LogP contribution in [-0.2, 0) is 24.8 Å². The summed E-state index contributed by atoms with van der Waals surface area (Å²) in [5.41, 5.74) is 0. The van der Waals surface area contributed by atoms with Gasteiger partial charge in [-0.15, -0.1) is 0 Å². The van der Waals surface area contributed by atoms with Crippen LogP contribution in [-0.4, -0.2) is 80.3 Å². The summed E-state index contributed by atoms with van der Waals surface area (Å²) in [6, 6.07) is 7.09. The highest BCUT2D eigenvalue weighted by atomic mass is 32.2. The van der Waals surface area contributed by atoms with E-state index in [1.54, 1.807) is 23.1 Å². The first kappa shape index (κ1) is 17.9. The van der Waals surface area contributed by atoms with Crippen LogP contribution >= 0.6 is 0 Å². The minimum atomic E-state index is -3.71. The Morgan fingerprint density at radius 1 is 1.00 bits per heavy atom. The fraction of sp³-hybridized carbons (Fsp3) is 0.562. The van der Waals surface area contributed by atoms with E-state index < -0.39 is 32.0 Å². The maximum Gasteiger partial charge on any atom is 0.255 e. The number of carbonyl (C=O) groups is 1. The summed E-state index contributed by atoms with van der Waals surface area (Å²) >= 11 is 0. The highest BCUT2D eigenvalue weighted by molar-refractivity contribution is 7.89. The lowest BCUT2D eigenvalue weighted by atomic mass is 10.2. The monoisotopic (exact) mass is 399 g/mol. The molecule has 1 atom stereocenters. The van der Waals surface area contributed by atoms with Gasteiger partial charge in [-0.25, -0.2) is 21.1 Å². The fourth-order valence-corrected chi connectivity index (χ4v) is 6.77. The van der Waals surface area contributed by atoms with Gasteiger partial charge < -0.3 is 0 Å². The third kappa shape index (κ3) is 3.04. The van der Waals surface area contributed by atoms with Gasteiger partial charge in [0.25, 0.3) is 5.91 Å². The highest BCUT2D eigenvalue weighted by Gasteiger charge is 2.49. The second-order valence-electron chi connectivity index (χ2n) is 6.91. The predicted molar refractivity (Wildman–Crippen MR) is 94.2 cm³/mol. The van der Waals surface area contributed by atoms with Crippen LogP contribution in [0.15, 0.2) is 35.2 Å². The van der Waals surface area contributed by atoms with Gasteiger partial charge in [-0.05, 0) is 25.0 Å².